The van der Waals surface area contributed by atoms with Crippen molar-refractivity contribution in [1.29, 1.82) is 0 Å². The predicted molar refractivity (Wildman–Crippen MR) is 118 cm³/mol. The Bertz CT molecular complexity index is 1100. The number of anilines is 2. The van der Waals surface area contributed by atoms with E-state index >= 15 is 0 Å². The molecule has 1 aromatic heterocycles. The number of aromatic nitrogens is 2. The highest BCUT2D eigenvalue weighted by Gasteiger charge is 2.21. The van der Waals surface area contributed by atoms with Crippen LogP contribution in [0, 0.1) is 5.92 Å². The lowest BCUT2D eigenvalue weighted by molar-refractivity contribution is -0.117. The van der Waals surface area contributed by atoms with Crippen molar-refractivity contribution in [2.24, 2.45) is 5.92 Å². The number of carbonyl (C=O) groups excluding carboxylic acids is 1. The summed E-state index contributed by atoms with van der Waals surface area (Å²) in [7, 11) is 1.59. The summed E-state index contributed by atoms with van der Waals surface area (Å²) < 4.78 is 6.40. The molecular formula is C23H26N4O3. The molecule has 3 aromatic rings. The van der Waals surface area contributed by atoms with Crippen LogP contribution in [0.1, 0.15) is 19.8 Å². The smallest absolute Gasteiger partial charge is 0.275 e. The minimum absolute atomic E-state index is 0.146. The zero-order valence-electron chi connectivity index (χ0n) is 17.3. The first kappa shape index (κ1) is 19.9. The second kappa shape index (κ2) is 8.57. The molecule has 1 aliphatic heterocycles. The Morgan fingerprint density at radius 3 is 2.43 bits per heavy atom. The zero-order chi connectivity index (χ0) is 21.1. The lowest BCUT2D eigenvalue weighted by Crippen LogP contribution is -2.37. The molecule has 30 heavy (non-hydrogen) atoms. The third kappa shape index (κ3) is 4.15. The fraction of sp³-hybridized carbons (Fsp3) is 0.348. The standard InChI is InChI=1S/C23H26N4O3/c1-16-11-13-26(14-12-16)22-19-5-3-4-6-20(19)23(29)27(25-22)15-21(28)24-17-7-9-18(30-2)10-8-17/h3-10,16H,11-15H2,1-2H3,(H,24,28). The number of carbonyl (C=O) groups is 1. The highest BCUT2D eigenvalue weighted by atomic mass is 16.5. The normalized spacial score (nSPS) is 14.7. The Labute approximate surface area is 175 Å². The number of rotatable bonds is 5. The van der Waals surface area contributed by atoms with E-state index in [0.717, 1.165) is 37.1 Å². The van der Waals surface area contributed by atoms with Crippen LogP contribution in [0.4, 0.5) is 11.5 Å². The van der Waals surface area contributed by atoms with Crippen LogP contribution in [-0.2, 0) is 11.3 Å². The third-order valence-corrected chi connectivity index (χ3v) is 5.60. The summed E-state index contributed by atoms with van der Waals surface area (Å²) in [5.74, 6) is 1.87. The molecule has 156 valence electrons. The highest BCUT2D eigenvalue weighted by Crippen LogP contribution is 2.26. The Morgan fingerprint density at radius 2 is 1.77 bits per heavy atom. The number of methoxy groups -OCH3 is 1. The average molecular weight is 406 g/mol. The minimum atomic E-state index is -0.303. The topological polar surface area (TPSA) is 76.5 Å². The van der Waals surface area contributed by atoms with Gasteiger partial charge in [-0.3, -0.25) is 9.59 Å². The second-order valence-corrected chi connectivity index (χ2v) is 7.78. The van der Waals surface area contributed by atoms with E-state index < -0.39 is 0 Å². The zero-order valence-corrected chi connectivity index (χ0v) is 17.3. The number of nitrogens with zero attached hydrogens (tertiary/aromatic N) is 3. The number of nitrogens with one attached hydrogen (secondary N) is 1. The van der Waals surface area contributed by atoms with Gasteiger partial charge in [0.2, 0.25) is 5.91 Å². The number of amides is 1. The number of piperidine rings is 1. The molecule has 0 aliphatic carbocycles. The summed E-state index contributed by atoms with van der Waals surface area (Å²) in [5.41, 5.74) is 0.379. The largest absolute Gasteiger partial charge is 0.497 e. The van der Waals surface area contributed by atoms with E-state index in [4.69, 9.17) is 4.74 Å². The van der Waals surface area contributed by atoms with Gasteiger partial charge in [-0.15, -0.1) is 0 Å². The molecule has 0 saturated carbocycles. The molecule has 2 aromatic carbocycles. The van der Waals surface area contributed by atoms with Crippen LogP contribution in [0.25, 0.3) is 10.8 Å². The number of hydrogen-bond donors (Lipinski definition) is 1. The van der Waals surface area contributed by atoms with E-state index in [2.05, 4.69) is 22.2 Å². The fourth-order valence-electron chi connectivity index (χ4n) is 3.79. The summed E-state index contributed by atoms with van der Waals surface area (Å²) in [6.07, 6.45) is 2.18. The van der Waals surface area contributed by atoms with Crippen LogP contribution in [0.5, 0.6) is 5.75 Å². The van der Waals surface area contributed by atoms with Gasteiger partial charge in [-0.25, -0.2) is 4.68 Å². The maximum absolute atomic E-state index is 13.0. The first-order valence-corrected chi connectivity index (χ1v) is 10.2. The van der Waals surface area contributed by atoms with Crippen LogP contribution in [-0.4, -0.2) is 35.9 Å². The van der Waals surface area contributed by atoms with Crippen molar-refractivity contribution in [2.75, 3.05) is 30.4 Å². The van der Waals surface area contributed by atoms with Crippen LogP contribution in [0.2, 0.25) is 0 Å². The van der Waals surface area contributed by atoms with Crippen molar-refractivity contribution < 1.29 is 9.53 Å². The molecule has 0 bridgehead atoms. The van der Waals surface area contributed by atoms with Crippen LogP contribution in [0.3, 0.4) is 0 Å². The molecule has 2 heterocycles. The minimum Gasteiger partial charge on any atom is -0.497 e. The van der Waals surface area contributed by atoms with Gasteiger partial charge < -0.3 is 15.0 Å². The summed E-state index contributed by atoms with van der Waals surface area (Å²) >= 11 is 0. The molecular weight excluding hydrogens is 380 g/mol. The number of benzene rings is 2. The van der Waals surface area contributed by atoms with Gasteiger partial charge >= 0.3 is 0 Å². The van der Waals surface area contributed by atoms with Gasteiger partial charge in [0.1, 0.15) is 12.3 Å². The van der Waals surface area contributed by atoms with E-state index in [-0.39, 0.29) is 18.0 Å². The van der Waals surface area contributed by atoms with Gasteiger partial charge in [-0.05, 0) is 49.1 Å². The first-order valence-electron chi connectivity index (χ1n) is 10.2. The monoisotopic (exact) mass is 406 g/mol. The lowest BCUT2D eigenvalue weighted by Gasteiger charge is -2.32. The first-order chi connectivity index (χ1) is 14.5. The van der Waals surface area contributed by atoms with Crippen molar-refractivity contribution >= 4 is 28.2 Å². The molecule has 0 spiro atoms. The summed E-state index contributed by atoms with van der Waals surface area (Å²) in [6, 6.07) is 14.5. The van der Waals surface area contributed by atoms with E-state index in [9.17, 15) is 9.59 Å². The number of fused-ring (bicyclic) bond motifs is 1. The summed E-state index contributed by atoms with van der Waals surface area (Å²) in [6.45, 7) is 3.91. The Morgan fingerprint density at radius 1 is 1.10 bits per heavy atom. The van der Waals surface area contributed by atoms with E-state index in [1.54, 1.807) is 37.4 Å². The molecule has 7 nitrogen and oxygen atoms in total. The van der Waals surface area contributed by atoms with Crippen molar-refractivity contribution in [2.45, 2.75) is 26.3 Å². The predicted octanol–water partition coefficient (Wildman–Crippen LogP) is 3.28. The van der Waals surface area contributed by atoms with Crippen molar-refractivity contribution in [3.63, 3.8) is 0 Å². The Hall–Kier alpha value is -3.35. The Balaban J connectivity index is 1.62. The van der Waals surface area contributed by atoms with Gasteiger partial charge in [0.05, 0.1) is 12.5 Å². The van der Waals surface area contributed by atoms with Crippen molar-refractivity contribution in [3.05, 3.63) is 58.9 Å². The molecule has 1 amide bonds. The molecule has 4 rings (SSSR count). The van der Waals surface area contributed by atoms with Gasteiger partial charge in [-0.2, -0.15) is 5.10 Å². The molecule has 0 radical (unpaired) electrons. The van der Waals surface area contributed by atoms with Crippen molar-refractivity contribution in [1.82, 2.24) is 9.78 Å². The maximum Gasteiger partial charge on any atom is 0.275 e. The number of hydrogen-bond acceptors (Lipinski definition) is 5. The van der Waals surface area contributed by atoms with Gasteiger partial charge in [0.15, 0.2) is 5.82 Å². The van der Waals surface area contributed by atoms with E-state index in [1.165, 1.54) is 4.68 Å². The lowest BCUT2D eigenvalue weighted by atomic mass is 9.99. The van der Waals surface area contributed by atoms with Crippen LogP contribution >= 0.6 is 0 Å². The van der Waals surface area contributed by atoms with Crippen molar-refractivity contribution in [3.8, 4) is 5.75 Å². The van der Waals surface area contributed by atoms with Gasteiger partial charge in [0.25, 0.3) is 5.56 Å². The molecule has 0 atom stereocenters. The van der Waals surface area contributed by atoms with E-state index in [1.807, 2.05) is 18.2 Å². The maximum atomic E-state index is 13.0. The average Bonchev–Trinajstić information content (AvgIpc) is 2.77. The van der Waals surface area contributed by atoms with Crippen LogP contribution < -0.4 is 20.5 Å². The molecule has 7 heteroatoms. The summed E-state index contributed by atoms with van der Waals surface area (Å²) in [4.78, 5) is 27.8. The number of ether oxygens (including phenoxy) is 1. The van der Waals surface area contributed by atoms with E-state index in [0.29, 0.717) is 22.7 Å². The van der Waals surface area contributed by atoms with Gasteiger partial charge in [-0.1, -0.05) is 25.1 Å². The fourth-order valence-corrected chi connectivity index (χ4v) is 3.79. The second-order valence-electron chi connectivity index (χ2n) is 7.78. The summed E-state index contributed by atoms with van der Waals surface area (Å²) in [5, 5.41) is 8.84. The quantitative estimate of drug-likeness (QED) is 0.704. The molecule has 1 saturated heterocycles. The molecule has 1 fully saturated rings. The molecule has 0 unspecified atom stereocenters. The molecule has 1 N–H and O–H groups in total. The molecule has 1 aliphatic rings. The highest BCUT2D eigenvalue weighted by molar-refractivity contribution is 5.93. The van der Waals surface area contributed by atoms with Gasteiger partial charge in [0, 0.05) is 24.2 Å². The SMILES string of the molecule is COc1ccc(NC(=O)Cn2nc(N3CCC(C)CC3)c3ccccc3c2=O)cc1. The third-order valence-electron chi connectivity index (χ3n) is 5.60. The van der Waals surface area contributed by atoms with Crippen LogP contribution in [0.15, 0.2) is 53.3 Å². The Kier molecular flexibility index (Phi) is 5.70.